The van der Waals surface area contributed by atoms with Crippen LogP contribution in [0.25, 0.3) is 0 Å². The molecular weight excluding hydrogens is 627 g/mol. The third-order valence-corrected chi connectivity index (χ3v) is 9.16. The smallest absolute Gasteiger partial charge is 0.249 e. The standard InChI is InChI=1S/C18H6Cl9S.CH2O3/c19-7-1-10(22)16(11(23)2-7)28(17-12(24)3-8(20)4-13(17)25)18-14(26)5-9(21)6-15(18)27;2-1(3)4/h1-6H;(H2,2,3,4)/q+1;/p-1. The average Bonchev–Trinajstić information content (AvgIpc) is 2.58. The highest BCUT2D eigenvalue weighted by molar-refractivity contribution is 7.97. The SMILES string of the molecule is Clc1cc(Cl)c([S+](c2c(Cl)cc(Cl)cc2Cl)c2c(Cl)cc(Cl)cc2Cl)c(Cl)c1.O=C([O-])O. The lowest BCUT2D eigenvalue weighted by atomic mass is 10.3. The molecule has 0 spiro atoms. The Bertz CT molecular complexity index is 977. The summed E-state index contributed by atoms with van der Waals surface area (Å²) in [5.74, 6) is 0. The third kappa shape index (κ3) is 6.96. The van der Waals surface area contributed by atoms with E-state index in [1.807, 2.05) is 0 Å². The summed E-state index contributed by atoms with van der Waals surface area (Å²) < 4.78 is 0. The van der Waals surface area contributed by atoms with Crippen LogP contribution in [0.3, 0.4) is 0 Å². The zero-order chi connectivity index (χ0) is 24.3. The van der Waals surface area contributed by atoms with Crippen LogP contribution >= 0.6 is 104 Å². The van der Waals surface area contributed by atoms with Crippen molar-refractivity contribution >= 4 is 121 Å². The molecule has 0 radical (unpaired) electrons. The quantitative estimate of drug-likeness (QED) is 0.292. The molecule has 0 saturated heterocycles. The van der Waals surface area contributed by atoms with Crippen LogP contribution in [0.1, 0.15) is 0 Å². The van der Waals surface area contributed by atoms with Crippen molar-refractivity contribution in [2.75, 3.05) is 0 Å². The van der Waals surface area contributed by atoms with E-state index in [1.165, 1.54) is 0 Å². The molecule has 170 valence electrons. The molecule has 0 atom stereocenters. The van der Waals surface area contributed by atoms with E-state index >= 15 is 0 Å². The number of carbonyl (C=O) groups is 1. The fraction of sp³-hybridized carbons (Fsp3) is 0. The highest BCUT2D eigenvalue weighted by atomic mass is 35.5. The summed E-state index contributed by atoms with van der Waals surface area (Å²) in [6, 6.07) is 9.42. The van der Waals surface area contributed by atoms with Gasteiger partial charge in [0.1, 0.15) is 10.9 Å². The van der Waals surface area contributed by atoms with Crippen LogP contribution in [0.4, 0.5) is 4.79 Å². The second-order valence-electron chi connectivity index (χ2n) is 5.67. The van der Waals surface area contributed by atoms with Crippen molar-refractivity contribution in [2.45, 2.75) is 14.7 Å². The van der Waals surface area contributed by atoms with Crippen LogP contribution in [-0.2, 0) is 10.9 Å². The van der Waals surface area contributed by atoms with E-state index in [0.29, 0.717) is 59.9 Å². The minimum Gasteiger partial charge on any atom is -0.565 e. The van der Waals surface area contributed by atoms with E-state index in [9.17, 15) is 0 Å². The van der Waals surface area contributed by atoms with Gasteiger partial charge in [0.2, 0.25) is 20.8 Å². The molecule has 3 aromatic carbocycles. The lowest BCUT2D eigenvalue weighted by Gasteiger charge is -2.16. The van der Waals surface area contributed by atoms with Crippen LogP contribution in [0.2, 0.25) is 45.2 Å². The number of carboxylic acid groups (broad SMARTS) is 2. The number of hydrogen-bond acceptors (Lipinski definition) is 2. The van der Waals surface area contributed by atoms with Crippen molar-refractivity contribution in [3.05, 3.63) is 81.6 Å². The van der Waals surface area contributed by atoms with Gasteiger partial charge in [-0.3, -0.25) is 0 Å². The molecule has 32 heavy (non-hydrogen) atoms. The largest absolute Gasteiger partial charge is 0.565 e. The Morgan fingerprint density at radius 3 is 0.875 bits per heavy atom. The Morgan fingerprint density at radius 1 is 0.562 bits per heavy atom. The average molecular weight is 634 g/mol. The van der Waals surface area contributed by atoms with E-state index in [0.717, 1.165) is 0 Å². The molecule has 0 amide bonds. The molecule has 0 saturated carbocycles. The molecular formula is C19H7Cl9O3S. The van der Waals surface area contributed by atoms with Crippen LogP contribution in [0.15, 0.2) is 51.1 Å². The van der Waals surface area contributed by atoms with Gasteiger partial charge in [-0.1, -0.05) is 104 Å². The highest BCUT2D eigenvalue weighted by Crippen LogP contribution is 2.50. The first kappa shape index (κ1) is 28.1. The second-order valence-corrected chi connectivity index (χ2v) is 11.3. The summed E-state index contributed by atoms with van der Waals surface area (Å²) in [5, 5.41) is 18.3. The summed E-state index contributed by atoms with van der Waals surface area (Å²) in [4.78, 5) is 10.00. The Balaban J connectivity index is 0.000000837. The Kier molecular flexibility index (Phi) is 10.6. The first-order chi connectivity index (χ1) is 14.8. The van der Waals surface area contributed by atoms with Gasteiger partial charge in [-0.2, -0.15) is 0 Å². The molecule has 3 rings (SSSR count). The van der Waals surface area contributed by atoms with Gasteiger partial charge >= 0.3 is 0 Å². The molecule has 0 aliphatic carbocycles. The van der Waals surface area contributed by atoms with Gasteiger partial charge in [0.05, 0.1) is 30.1 Å². The summed E-state index contributed by atoms with van der Waals surface area (Å²) >= 11 is 57.3. The Morgan fingerprint density at radius 2 is 0.719 bits per heavy atom. The van der Waals surface area contributed by atoms with E-state index in [4.69, 9.17) is 119 Å². The predicted octanol–water partition coefficient (Wildman–Crippen LogP) is 9.55. The number of hydrogen-bond donors (Lipinski definition) is 1. The number of rotatable bonds is 3. The van der Waals surface area contributed by atoms with E-state index < -0.39 is 17.1 Å². The second kappa shape index (κ2) is 12.0. The van der Waals surface area contributed by atoms with Gasteiger partial charge < -0.3 is 15.0 Å². The lowest BCUT2D eigenvalue weighted by Crippen LogP contribution is -2.17. The van der Waals surface area contributed by atoms with Crippen LogP contribution in [0.5, 0.6) is 0 Å². The van der Waals surface area contributed by atoms with Crippen molar-refractivity contribution in [3.63, 3.8) is 0 Å². The van der Waals surface area contributed by atoms with Gasteiger partial charge in [0, 0.05) is 15.1 Å². The number of benzene rings is 3. The molecule has 3 aromatic rings. The maximum Gasteiger partial charge on any atom is 0.249 e. The van der Waals surface area contributed by atoms with Crippen molar-refractivity contribution in [3.8, 4) is 0 Å². The van der Waals surface area contributed by atoms with Crippen molar-refractivity contribution in [1.29, 1.82) is 0 Å². The van der Waals surface area contributed by atoms with Crippen LogP contribution < -0.4 is 5.11 Å². The molecule has 0 aromatic heterocycles. The molecule has 0 bridgehead atoms. The normalized spacial score (nSPS) is 10.7. The molecule has 0 unspecified atom stereocenters. The van der Waals surface area contributed by atoms with Gasteiger partial charge in [-0.15, -0.1) is 0 Å². The molecule has 0 fully saturated rings. The van der Waals surface area contributed by atoms with Crippen LogP contribution in [0, 0.1) is 0 Å². The fourth-order valence-electron chi connectivity index (χ4n) is 2.48. The number of halogens is 9. The summed E-state index contributed by atoms with van der Waals surface area (Å²) in [5.41, 5.74) is 0. The molecule has 0 heterocycles. The minimum absolute atomic E-state index is 0.310. The predicted molar refractivity (Wildman–Crippen MR) is 135 cm³/mol. The van der Waals surface area contributed by atoms with Crippen molar-refractivity contribution in [1.82, 2.24) is 0 Å². The van der Waals surface area contributed by atoms with E-state index in [1.54, 1.807) is 36.4 Å². The van der Waals surface area contributed by atoms with Gasteiger partial charge in [-0.05, 0) is 36.4 Å². The molecule has 13 heteroatoms. The van der Waals surface area contributed by atoms with E-state index in [-0.39, 0.29) is 0 Å². The first-order valence-electron chi connectivity index (χ1n) is 7.91. The molecule has 3 nitrogen and oxygen atoms in total. The maximum absolute atomic E-state index is 8.44. The van der Waals surface area contributed by atoms with Gasteiger partial charge in [-0.25, -0.2) is 0 Å². The Hall–Kier alpha value is -0.110. The van der Waals surface area contributed by atoms with Gasteiger partial charge in [0.15, 0.2) is 0 Å². The monoisotopic (exact) mass is 630 g/mol. The zero-order valence-corrected chi connectivity index (χ0v) is 22.7. The third-order valence-electron chi connectivity index (χ3n) is 3.50. The van der Waals surface area contributed by atoms with Crippen LogP contribution in [-0.4, -0.2) is 11.3 Å². The summed E-state index contributed by atoms with van der Waals surface area (Å²) in [6.45, 7) is 0. The van der Waals surface area contributed by atoms with E-state index in [2.05, 4.69) is 0 Å². The molecule has 0 aliphatic heterocycles. The summed E-state index contributed by atoms with van der Waals surface area (Å²) in [7, 11) is -1.08. The topological polar surface area (TPSA) is 60.4 Å². The zero-order valence-electron chi connectivity index (χ0n) is 15.0. The Labute approximate surface area is 230 Å². The highest BCUT2D eigenvalue weighted by Gasteiger charge is 2.41. The van der Waals surface area contributed by atoms with Crippen molar-refractivity contribution < 1.29 is 15.0 Å². The molecule has 0 aliphatic rings. The summed E-state index contributed by atoms with van der Waals surface area (Å²) in [6.07, 6.45) is -2.08. The minimum atomic E-state index is -2.08. The van der Waals surface area contributed by atoms with Crippen molar-refractivity contribution in [2.24, 2.45) is 0 Å². The van der Waals surface area contributed by atoms with Gasteiger partial charge in [0.25, 0.3) is 0 Å². The first-order valence-corrected chi connectivity index (χ1v) is 12.5. The maximum atomic E-state index is 8.44. The fourth-order valence-corrected chi connectivity index (χ4v) is 8.45. The molecule has 1 N–H and O–H groups in total. The lowest BCUT2D eigenvalue weighted by molar-refractivity contribution is -0.275.